The van der Waals surface area contributed by atoms with Crippen molar-refractivity contribution in [3.63, 3.8) is 0 Å². The van der Waals surface area contributed by atoms with E-state index in [-0.39, 0.29) is 11.5 Å². The number of benzene rings is 1. The second-order valence-corrected chi connectivity index (χ2v) is 7.37. The molecule has 1 aliphatic rings. The molecule has 0 saturated heterocycles. The van der Waals surface area contributed by atoms with Crippen molar-refractivity contribution in [2.75, 3.05) is 5.32 Å². The summed E-state index contributed by atoms with van der Waals surface area (Å²) in [6.07, 6.45) is 3.14. The first kappa shape index (κ1) is 15.1. The predicted molar refractivity (Wildman–Crippen MR) is 95.8 cm³/mol. The maximum Gasteiger partial charge on any atom is 0.258 e. The molecule has 5 nitrogen and oxygen atoms in total. The SMILES string of the molecule is CC1CCc2nc(NC(=O)c3cc(=O)[nH]c4ccccc34)sc2C1. The zero-order valence-electron chi connectivity index (χ0n) is 13.3. The van der Waals surface area contributed by atoms with Crippen LogP contribution >= 0.6 is 11.3 Å². The topological polar surface area (TPSA) is 74.8 Å². The van der Waals surface area contributed by atoms with Crippen LogP contribution in [0.5, 0.6) is 0 Å². The van der Waals surface area contributed by atoms with Crippen LogP contribution in [0.1, 0.15) is 34.3 Å². The molecule has 2 heterocycles. The highest BCUT2D eigenvalue weighted by Gasteiger charge is 2.21. The molecule has 4 rings (SSSR count). The number of aromatic amines is 1. The number of nitrogens with one attached hydrogen (secondary N) is 2. The quantitative estimate of drug-likeness (QED) is 0.752. The lowest BCUT2D eigenvalue weighted by Crippen LogP contribution is -2.16. The standard InChI is InChI=1S/C18H17N3O2S/c1-10-6-7-14-15(8-10)24-18(20-14)21-17(23)12-9-16(22)19-13-5-3-2-4-11(12)13/h2-5,9-10H,6-8H2,1H3,(H,19,22)(H,20,21,23). The molecule has 2 aromatic heterocycles. The van der Waals surface area contributed by atoms with Crippen LogP contribution in [0, 0.1) is 5.92 Å². The van der Waals surface area contributed by atoms with Crippen LogP contribution in [0.4, 0.5) is 5.13 Å². The third-order valence-corrected chi connectivity index (χ3v) is 5.44. The van der Waals surface area contributed by atoms with Gasteiger partial charge in [-0.1, -0.05) is 25.1 Å². The molecule has 0 saturated carbocycles. The van der Waals surface area contributed by atoms with Gasteiger partial charge in [0, 0.05) is 21.8 Å². The van der Waals surface area contributed by atoms with E-state index in [4.69, 9.17) is 0 Å². The van der Waals surface area contributed by atoms with Crippen molar-refractivity contribution >= 4 is 33.3 Å². The van der Waals surface area contributed by atoms with E-state index in [0.29, 0.717) is 22.1 Å². The third kappa shape index (κ3) is 2.73. The fourth-order valence-corrected chi connectivity index (χ4v) is 4.32. The minimum atomic E-state index is -0.295. The summed E-state index contributed by atoms with van der Waals surface area (Å²) in [7, 11) is 0. The minimum Gasteiger partial charge on any atom is -0.322 e. The number of fused-ring (bicyclic) bond motifs is 2. The van der Waals surface area contributed by atoms with Gasteiger partial charge in [-0.15, -0.1) is 11.3 Å². The number of carbonyl (C=O) groups excluding carboxylic acids is 1. The summed E-state index contributed by atoms with van der Waals surface area (Å²) >= 11 is 1.54. The Balaban J connectivity index is 1.67. The summed E-state index contributed by atoms with van der Waals surface area (Å²) in [6.45, 7) is 2.24. The number of amides is 1. The van der Waals surface area contributed by atoms with E-state index < -0.39 is 0 Å². The smallest absolute Gasteiger partial charge is 0.258 e. The first-order valence-electron chi connectivity index (χ1n) is 8.02. The lowest BCUT2D eigenvalue weighted by Gasteiger charge is -2.15. The van der Waals surface area contributed by atoms with Gasteiger partial charge in [0.1, 0.15) is 0 Å². The lowest BCUT2D eigenvalue weighted by atomic mass is 9.93. The van der Waals surface area contributed by atoms with Gasteiger partial charge in [-0.2, -0.15) is 0 Å². The third-order valence-electron chi connectivity index (χ3n) is 4.40. The van der Waals surface area contributed by atoms with Crippen LogP contribution in [-0.4, -0.2) is 15.9 Å². The van der Waals surface area contributed by atoms with Gasteiger partial charge in [-0.25, -0.2) is 4.98 Å². The number of pyridine rings is 1. The summed E-state index contributed by atoms with van der Waals surface area (Å²) in [6, 6.07) is 8.63. The van der Waals surface area contributed by atoms with Crippen LogP contribution in [0.2, 0.25) is 0 Å². The van der Waals surface area contributed by atoms with Crippen molar-refractivity contribution in [2.24, 2.45) is 5.92 Å². The molecule has 0 aliphatic heterocycles. The second-order valence-electron chi connectivity index (χ2n) is 6.28. The Morgan fingerprint density at radius 3 is 3.08 bits per heavy atom. The van der Waals surface area contributed by atoms with Crippen molar-refractivity contribution in [2.45, 2.75) is 26.2 Å². The van der Waals surface area contributed by atoms with Crippen molar-refractivity contribution in [1.29, 1.82) is 0 Å². The molecule has 2 N–H and O–H groups in total. The number of hydrogen-bond acceptors (Lipinski definition) is 4. The van der Waals surface area contributed by atoms with Gasteiger partial charge in [0.05, 0.1) is 11.3 Å². The zero-order chi connectivity index (χ0) is 16.7. The molecule has 1 unspecified atom stereocenters. The van der Waals surface area contributed by atoms with E-state index >= 15 is 0 Å². The van der Waals surface area contributed by atoms with Crippen molar-refractivity contribution in [3.8, 4) is 0 Å². The van der Waals surface area contributed by atoms with Gasteiger partial charge in [0.15, 0.2) is 5.13 Å². The Hall–Kier alpha value is -2.47. The van der Waals surface area contributed by atoms with Gasteiger partial charge in [-0.3, -0.25) is 14.9 Å². The Bertz CT molecular complexity index is 989. The predicted octanol–water partition coefficient (Wildman–Crippen LogP) is 3.36. The highest BCUT2D eigenvalue weighted by molar-refractivity contribution is 7.15. The van der Waals surface area contributed by atoms with Crippen LogP contribution in [0.25, 0.3) is 10.9 Å². The Morgan fingerprint density at radius 2 is 2.21 bits per heavy atom. The van der Waals surface area contributed by atoms with E-state index in [9.17, 15) is 9.59 Å². The maximum atomic E-state index is 12.7. The normalized spacial score (nSPS) is 16.8. The van der Waals surface area contributed by atoms with Gasteiger partial charge in [-0.05, 0) is 31.2 Å². The lowest BCUT2D eigenvalue weighted by molar-refractivity contribution is 0.102. The molecular formula is C18H17N3O2S. The molecule has 0 fully saturated rings. The van der Waals surface area contributed by atoms with Crippen LogP contribution < -0.4 is 10.9 Å². The summed E-state index contributed by atoms with van der Waals surface area (Å²) in [5, 5.41) is 4.21. The largest absolute Gasteiger partial charge is 0.322 e. The van der Waals surface area contributed by atoms with Crippen molar-refractivity contribution in [3.05, 3.63) is 56.8 Å². The first-order valence-corrected chi connectivity index (χ1v) is 8.84. The van der Waals surface area contributed by atoms with E-state index in [2.05, 4.69) is 22.2 Å². The Morgan fingerprint density at radius 1 is 1.38 bits per heavy atom. The van der Waals surface area contributed by atoms with Crippen molar-refractivity contribution < 1.29 is 4.79 Å². The Labute approximate surface area is 142 Å². The number of carbonyl (C=O) groups is 1. The molecule has 1 amide bonds. The highest BCUT2D eigenvalue weighted by atomic mass is 32.1. The highest BCUT2D eigenvalue weighted by Crippen LogP contribution is 2.32. The molecule has 1 aromatic carbocycles. The van der Waals surface area contributed by atoms with Gasteiger partial charge < -0.3 is 4.98 Å². The number of aromatic nitrogens is 2. The van der Waals surface area contributed by atoms with Crippen LogP contribution in [-0.2, 0) is 12.8 Å². The second kappa shape index (κ2) is 5.87. The number of nitrogens with zero attached hydrogens (tertiary/aromatic N) is 1. The van der Waals surface area contributed by atoms with E-state index in [1.54, 1.807) is 17.4 Å². The number of H-pyrrole nitrogens is 1. The fourth-order valence-electron chi connectivity index (χ4n) is 3.15. The number of anilines is 1. The molecule has 6 heteroatoms. The first-order chi connectivity index (χ1) is 11.6. The summed E-state index contributed by atoms with van der Waals surface area (Å²) < 4.78 is 0. The molecule has 0 spiro atoms. The number of thiazole rings is 1. The average Bonchev–Trinajstić information content (AvgIpc) is 2.95. The number of hydrogen-bond donors (Lipinski definition) is 2. The number of rotatable bonds is 2. The molecule has 3 aromatic rings. The van der Waals surface area contributed by atoms with E-state index in [0.717, 1.165) is 30.3 Å². The van der Waals surface area contributed by atoms with E-state index in [1.165, 1.54) is 10.9 Å². The molecule has 1 atom stereocenters. The molecule has 122 valence electrons. The number of para-hydroxylation sites is 1. The summed E-state index contributed by atoms with van der Waals surface area (Å²) in [5.41, 5.74) is 1.84. The molecule has 1 aliphatic carbocycles. The Kier molecular flexibility index (Phi) is 3.69. The summed E-state index contributed by atoms with van der Waals surface area (Å²) in [4.78, 5) is 33.0. The molecule has 24 heavy (non-hydrogen) atoms. The number of aryl methyl sites for hydroxylation is 1. The average molecular weight is 339 g/mol. The maximum absolute atomic E-state index is 12.7. The molecule has 0 bridgehead atoms. The van der Waals surface area contributed by atoms with Crippen molar-refractivity contribution in [1.82, 2.24) is 9.97 Å². The van der Waals surface area contributed by atoms with Crippen LogP contribution in [0.3, 0.4) is 0 Å². The fraction of sp³-hybridized carbons (Fsp3) is 0.278. The summed E-state index contributed by atoms with van der Waals surface area (Å²) in [5.74, 6) is 0.370. The zero-order valence-corrected chi connectivity index (χ0v) is 14.1. The molecular weight excluding hydrogens is 322 g/mol. The van der Waals surface area contributed by atoms with E-state index in [1.807, 2.05) is 18.2 Å². The minimum absolute atomic E-state index is 0.286. The molecule has 0 radical (unpaired) electrons. The monoisotopic (exact) mass is 339 g/mol. The van der Waals surface area contributed by atoms with Crippen LogP contribution in [0.15, 0.2) is 35.1 Å². The van der Waals surface area contributed by atoms with Gasteiger partial charge in [0.25, 0.3) is 5.91 Å². The van der Waals surface area contributed by atoms with Gasteiger partial charge in [0.2, 0.25) is 5.56 Å². The van der Waals surface area contributed by atoms with Gasteiger partial charge >= 0.3 is 0 Å².